The van der Waals surface area contributed by atoms with E-state index < -0.39 is 0 Å². The van der Waals surface area contributed by atoms with Crippen LogP contribution in [0.15, 0.2) is 72.8 Å². The summed E-state index contributed by atoms with van der Waals surface area (Å²) in [4.78, 5) is 0. The molecular formula is C25H28Cl2Hf-6. The van der Waals surface area contributed by atoms with Gasteiger partial charge in [-0.15, -0.1) is 81.2 Å². The Morgan fingerprint density at radius 1 is 0.679 bits per heavy atom. The average molecular weight is 578 g/mol. The van der Waals surface area contributed by atoms with Gasteiger partial charge in [-0.3, -0.25) is 0 Å². The van der Waals surface area contributed by atoms with Crippen LogP contribution in [0.4, 0.5) is 0 Å². The van der Waals surface area contributed by atoms with Crippen molar-refractivity contribution in [1.29, 1.82) is 0 Å². The molecule has 0 spiro atoms. The van der Waals surface area contributed by atoms with Crippen LogP contribution in [0.1, 0.15) is 31.4 Å². The van der Waals surface area contributed by atoms with Gasteiger partial charge in [0.15, 0.2) is 0 Å². The summed E-state index contributed by atoms with van der Waals surface area (Å²) in [5, 5.41) is 5.46. The molecule has 0 atom stereocenters. The standard InChI is InChI=1S/2C11H11.C3H6.2ClH.Hf/c2*1-2-9-7-10-5-3-4-6-11(10)8-9;1-3-2;;;/h2*3-8H,2H2,1H3;1-3H2;2*1H;/q2*-1;-2;;;/p-2. The minimum absolute atomic E-state index is 0. The minimum Gasteiger partial charge on any atom is -1.00 e. The Labute approximate surface area is 202 Å². The van der Waals surface area contributed by atoms with Crippen LogP contribution in [0.5, 0.6) is 0 Å². The van der Waals surface area contributed by atoms with Gasteiger partial charge in [0.05, 0.1) is 0 Å². The van der Waals surface area contributed by atoms with E-state index in [-0.39, 0.29) is 50.7 Å². The van der Waals surface area contributed by atoms with Crippen molar-refractivity contribution in [3.63, 3.8) is 0 Å². The van der Waals surface area contributed by atoms with Crippen molar-refractivity contribution < 1.29 is 50.7 Å². The predicted octanol–water partition coefficient (Wildman–Crippen LogP) is 1.29. The van der Waals surface area contributed by atoms with E-state index in [2.05, 4.69) is 100 Å². The second-order valence-corrected chi connectivity index (χ2v) is 6.05. The molecule has 4 aromatic carbocycles. The first-order valence-electron chi connectivity index (χ1n) is 9.09. The van der Waals surface area contributed by atoms with E-state index in [9.17, 15) is 0 Å². The van der Waals surface area contributed by atoms with Crippen molar-refractivity contribution >= 4 is 21.5 Å². The fourth-order valence-electron chi connectivity index (χ4n) is 2.84. The molecular weight excluding hydrogens is 550 g/mol. The molecule has 0 radical (unpaired) electrons. The molecule has 4 rings (SSSR count). The summed E-state index contributed by atoms with van der Waals surface area (Å²) in [5.74, 6) is 0. The molecule has 0 heterocycles. The van der Waals surface area contributed by atoms with Gasteiger partial charge in [0.1, 0.15) is 0 Å². The smallest absolute Gasteiger partial charge is 0 e. The molecule has 0 nitrogen and oxygen atoms in total. The van der Waals surface area contributed by atoms with Gasteiger partial charge in [-0.25, -0.2) is 0 Å². The number of benzene rings is 2. The summed E-state index contributed by atoms with van der Waals surface area (Å²) in [6, 6.07) is 26.0. The number of hydrogen-bond donors (Lipinski definition) is 0. The van der Waals surface area contributed by atoms with Crippen LogP contribution in [-0.4, -0.2) is 0 Å². The average Bonchev–Trinajstić information content (AvgIpc) is 3.26. The number of aryl methyl sites for hydroxylation is 2. The van der Waals surface area contributed by atoms with E-state index in [0.29, 0.717) is 0 Å². The summed E-state index contributed by atoms with van der Waals surface area (Å²) < 4.78 is 0. The van der Waals surface area contributed by atoms with Crippen molar-refractivity contribution in [3.05, 3.63) is 97.8 Å². The van der Waals surface area contributed by atoms with E-state index in [1.54, 1.807) is 0 Å². The Balaban J connectivity index is 0. The van der Waals surface area contributed by atoms with Crippen molar-refractivity contribution in [2.45, 2.75) is 33.1 Å². The van der Waals surface area contributed by atoms with Crippen molar-refractivity contribution in [2.75, 3.05) is 0 Å². The molecule has 0 bridgehead atoms. The Morgan fingerprint density at radius 3 is 1.29 bits per heavy atom. The Hall–Kier alpha value is -0.890. The summed E-state index contributed by atoms with van der Waals surface area (Å²) in [7, 11) is 0. The van der Waals surface area contributed by atoms with Crippen molar-refractivity contribution in [1.82, 2.24) is 0 Å². The third kappa shape index (κ3) is 8.64. The maximum absolute atomic E-state index is 3.38. The zero-order valence-corrected chi connectivity index (χ0v) is 21.8. The molecule has 0 fully saturated rings. The van der Waals surface area contributed by atoms with Crippen LogP contribution in [0.2, 0.25) is 0 Å². The topological polar surface area (TPSA) is 0 Å². The fraction of sp³-hybridized carbons (Fsp3) is 0.200. The summed E-state index contributed by atoms with van der Waals surface area (Å²) in [6.07, 6.45) is 3.02. The molecule has 0 aliphatic heterocycles. The molecule has 0 unspecified atom stereocenters. The van der Waals surface area contributed by atoms with Crippen LogP contribution >= 0.6 is 0 Å². The first-order chi connectivity index (χ1) is 12.2. The first kappa shape index (κ1) is 29.3. The summed E-state index contributed by atoms with van der Waals surface area (Å²) in [6.45, 7) is 11.1. The number of hydrogen-bond acceptors (Lipinski definition) is 0. The molecule has 0 saturated carbocycles. The largest absolute Gasteiger partial charge is 1.00 e. The Bertz CT molecular complexity index is 749. The van der Waals surface area contributed by atoms with Crippen LogP contribution in [0, 0.1) is 13.8 Å². The first-order valence-corrected chi connectivity index (χ1v) is 9.09. The van der Waals surface area contributed by atoms with E-state index in [1.807, 2.05) is 0 Å². The number of rotatable bonds is 2. The zero-order chi connectivity index (χ0) is 18.1. The summed E-state index contributed by atoms with van der Waals surface area (Å²) in [5.41, 5.74) is 2.87. The molecule has 0 aliphatic rings. The molecule has 0 N–H and O–H groups in total. The second kappa shape index (κ2) is 16.0. The molecule has 0 saturated heterocycles. The maximum Gasteiger partial charge on any atom is 0 e. The van der Waals surface area contributed by atoms with Gasteiger partial charge in [0.2, 0.25) is 0 Å². The second-order valence-electron chi connectivity index (χ2n) is 6.05. The van der Waals surface area contributed by atoms with Gasteiger partial charge in [-0.05, 0) is 12.8 Å². The van der Waals surface area contributed by atoms with Crippen LogP contribution in [0.25, 0.3) is 21.5 Å². The van der Waals surface area contributed by atoms with E-state index in [4.69, 9.17) is 0 Å². The molecule has 4 aromatic rings. The van der Waals surface area contributed by atoms with E-state index >= 15 is 0 Å². The molecule has 0 amide bonds. The van der Waals surface area contributed by atoms with Gasteiger partial charge in [-0.2, -0.15) is 12.1 Å². The SMILES string of the molecule is CCc1cc2ccccc2[cH-]1.CCc1cc2ccccc2[cH-]1.[CH2-]C[CH2-].[Cl-].[Cl-].[Hf]. The van der Waals surface area contributed by atoms with Crippen molar-refractivity contribution in [3.8, 4) is 0 Å². The van der Waals surface area contributed by atoms with Crippen LogP contribution in [-0.2, 0) is 38.7 Å². The number of halogens is 2. The maximum atomic E-state index is 3.38. The summed E-state index contributed by atoms with van der Waals surface area (Å²) >= 11 is 0. The van der Waals surface area contributed by atoms with Gasteiger partial charge in [0.25, 0.3) is 0 Å². The van der Waals surface area contributed by atoms with Gasteiger partial charge in [-0.1, -0.05) is 26.0 Å². The molecule has 152 valence electrons. The normalized spacial score (nSPS) is 9.00. The molecule has 0 aliphatic carbocycles. The quantitative estimate of drug-likeness (QED) is 0.249. The third-order valence-corrected chi connectivity index (χ3v) is 4.17. The minimum atomic E-state index is 0. The number of fused-ring (bicyclic) bond motifs is 2. The van der Waals surface area contributed by atoms with Crippen LogP contribution < -0.4 is 24.8 Å². The van der Waals surface area contributed by atoms with E-state index in [1.165, 1.54) is 32.7 Å². The van der Waals surface area contributed by atoms with Gasteiger partial charge < -0.3 is 45.1 Å². The molecule has 3 heteroatoms. The Kier molecular flexibility index (Phi) is 16.7. The third-order valence-electron chi connectivity index (χ3n) is 4.17. The fourth-order valence-corrected chi connectivity index (χ4v) is 2.84. The van der Waals surface area contributed by atoms with Gasteiger partial charge in [0, 0.05) is 25.8 Å². The molecule has 28 heavy (non-hydrogen) atoms. The van der Waals surface area contributed by atoms with Crippen LogP contribution in [0.3, 0.4) is 0 Å². The van der Waals surface area contributed by atoms with Gasteiger partial charge >= 0.3 is 0 Å². The monoisotopic (exact) mass is 578 g/mol. The Morgan fingerprint density at radius 2 is 1.00 bits per heavy atom. The molecule has 0 aromatic heterocycles. The zero-order valence-electron chi connectivity index (χ0n) is 16.7. The predicted molar refractivity (Wildman–Crippen MR) is 113 cm³/mol. The van der Waals surface area contributed by atoms with E-state index in [0.717, 1.165) is 19.3 Å². The van der Waals surface area contributed by atoms with Crippen molar-refractivity contribution in [2.24, 2.45) is 0 Å².